The number of halogens is 1. The maximum absolute atomic E-state index is 13.6. The lowest BCUT2D eigenvalue weighted by molar-refractivity contribution is -0.132. The van der Waals surface area contributed by atoms with Gasteiger partial charge in [0.15, 0.2) is 0 Å². The van der Waals surface area contributed by atoms with Gasteiger partial charge in [-0.25, -0.2) is 9.78 Å². The number of amides is 3. The SMILES string of the molecule is O=C1NC2(CCc3ccccc32)C(=O)N1Cc1nc2cc(Cl)ccc2n1Cc1ccccc1. The van der Waals surface area contributed by atoms with E-state index in [1.165, 1.54) is 4.90 Å². The highest BCUT2D eigenvalue weighted by atomic mass is 35.5. The molecule has 3 amide bonds. The monoisotopic (exact) mass is 456 g/mol. The van der Waals surface area contributed by atoms with Gasteiger partial charge in [-0.3, -0.25) is 9.69 Å². The van der Waals surface area contributed by atoms with Crippen molar-refractivity contribution in [2.45, 2.75) is 31.5 Å². The van der Waals surface area contributed by atoms with Crippen LogP contribution in [0.5, 0.6) is 0 Å². The van der Waals surface area contributed by atoms with Crippen molar-refractivity contribution in [2.75, 3.05) is 0 Å². The number of nitrogens with zero attached hydrogens (tertiary/aromatic N) is 3. The number of benzene rings is 3. The average Bonchev–Trinajstić information content (AvgIpc) is 3.43. The van der Waals surface area contributed by atoms with Crippen molar-refractivity contribution in [3.63, 3.8) is 0 Å². The molecule has 2 aliphatic rings. The molecule has 1 fully saturated rings. The summed E-state index contributed by atoms with van der Waals surface area (Å²) in [6, 6.07) is 23.1. The molecule has 33 heavy (non-hydrogen) atoms. The number of aryl methyl sites for hydroxylation is 1. The molecule has 1 N–H and O–H groups in total. The van der Waals surface area contributed by atoms with Crippen LogP contribution in [0.2, 0.25) is 5.02 Å². The summed E-state index contributed by atoms with van der Waals surface area (Å²) in [5.41, 5.74) is 3.78. The highest BCUT2D eigenvalue weighted by Crippen LogP contribution is 2.41. The van der Waals surface area contributed by atoms with Gasteiger partial charge >= 0.3 is 6.03 Å². The van der Waals surface area contributed by atoms with E-state index < -0.39 is 5.54 Å². The molecule has 1 aromatic heterocycles. The van der Waals surface area contributed by atoms with Gasteiger partial charge in [0, 0.05) is 11.6 Å². The van der Waals surface area contributed by atoms with Gasteiger partial charge in [0.25, 0.3) is 5.91 Å². The highest BCUT2D eigenvalue weighted by Gasteiger charge is 2.55. The van der Waals surface area contributed by atoms with Gasteiger partial charge in [-0.15, -0.1) is 0 Å². The van der Waals surface area contributed by atoms with Gasteiger partial charge in [-0.1, -0.05) is 66.2 Å². The van der Waals surface area contributed by atoms with E-state index in [9.17, 15) is 9.59 Å². The van der Waals surface area contributed by atoms with Crippen LogP contribution in [0.25, 0.3) is 11.0 Å². The molecular formula is C26H21ClN4O2. The van der Waals surface area contributed by atoms with Crippen molar-refractivity contribution >= 4 is 34.6 Å². The number of hydrogen-bond acceptors (Lipinski definition) is 3. The van der Waals surface area contributed by atoms with E-state index in [0.717, 1.165) is 34.1 Å². The van der Waals surface area contributed by atoms with Crippen LogP contribution < -0.4 is 5.32 Å². The third kappa shape index (κ3) is 3.13. The van der Waals surface area contributed by atoms with E-state index in [2.05, 4.69) is 9.88 Å². The summed E-state index contributed by atoms with van der Waals surface area (Å²) in [7, 11) is 0. The minimum atomic E-state index is -0.979. The lowest BCUT2D eigenvalue weighted by Crippen LogP contribution is -2.41. The summed E-state index contributed by atoms with van der Waals surface area (Å²) >= 11 is 6.21. The molecule has 2 heterocycles. The Hall–Kier alpha value is -3.64. The zero-order valence-corrected chi connectivity index (χ0v) is 18.5. The Kier molecular flexibility index (Phi) is 4.52. The number of imidazole rings is 1. The number of hydrogen-bond donors (Lipinski definition) is 1. The van der Waals surface area contributed by atoms with Crippen LogP contribution in [-0.2, 0) is 29.8 Å². The lowest BCUT2D eigenvalue weighted by Gasteiger charge is -2.22. The predicted molar refractivity (Wildman–Crippen MR) is 126 cm³/mol. The number of imide groups is 1. The third-order valence-corrected chi connectivity index (χ3v) is 6.93. The molecule has 1 unspecified atom stereocenters. The van der Waals surface area contributed by atoms with Gasteiger partial charge in [-0.2, -0.15) is 0 Å². The second kappa shape index (κ2) is 7.46. The Labute approximate surface area is 195 Å². The van der Waals surface area contributed by atoms with Gasteiger partial charge < -0.3 is 9.88 Å². The molecule has 0 bridgehead atoms. The van der Waals surface area contributed by atoms with E-state index >= 15 is 0 Å². The fraction of sp³-hybridized carbons (Fsp3) is 0.192. The van der Waals surface area contributed by atoms with Crippen molar-refractivity contribution < 1.29 is 9.59 Å². The first-order valence-corrected chi connectivity index (χ1v) is 11.3. The van der Waals surface area contributed by atoms with Crippen LogP contribution in [0.15, 0.2) is 72.8 Å². The summed E-state index contributed by atoms with van der Waals surface area (Å²) in [5, 5.41) is 3.59. The third-order valence-electron chi connectivity index (χ3n) is 6.69. The minimum Gasteiger partial charge on any atom is -0.322 e. The number of fused-ring (bicyclic) bond motifs is 3. The van der Waals surface area contributed by atoms with Gasteiger partial charge in [-0.05, 0) is 47.7 Å². The molecule has 1 aliphatic heterocycles. The highest BCUT2D eigenvalue weighted by molar-refractivity contribution is 6.31. The van der Waals surface area contributed by atoms with Gasteiger partial charge in [0.05, 0.1) is 17.6 Å². The lowest BCUT2D eigenvalue weighted by atomic mass is 9.92. The molecule has 6 rings (SSSR count). The van der Waals surface area contributed by atoms with E-state index in [-0.39, 0.29) is 18.5 Å². The Morgan fingerprint density at radius 1 is 0.970 bits per heavy atom. The zero-order chi connectivity index (χ0) is 22.6. The summed E-state index contributed by atoms with van der Waals surface area (Å²) in [6.45, 7) is 0.666. The van der Waals surface area contributed by atoms with Crippen molar-refractivity contribution in [3.05, 3.63) is 100 Å². The maximum atomic E-state index is 13.6. The summed E-state index contributed by atoms with van der Waals surface area (Å²) in [6.07, 6.45) is 1.34. The molecule has 7 heteroatoms. The van der Waals surface area contributed by atoms with E-state index in [0.29, 0.717) is 23.8 Å². The summed E-state index contributed by atoms with van der Waals surface area (Å²) < 4.78 is 2.05. The Bertz CT molecular complexity index is 1410. The Balaban J connectivity index is 1.39. The van der Waals surface area contributed by atoms with Crippen LogP contribution in [0, 0.1) is 0 Å². The van der Waals surface area contributed by atoms with Crippen molar-refractivity contribution in [1.29, 1.82) is 0 Å². The molecule has 164 valence electrons. The van der Waals surface area contributed by atoms with Crippen LogP contribution in [0.4, 0.5) is 4.79 Å². The molecule has 3 aromatic carbocycles. The predicted octanol–water partition coefficient (Wildman–Crippen LogP) is 4.63. The molecule has 1 aliphatic carbocycles. The molecular weight excluding hydrogens is 436 g/mol. The largest absolute Gasteiger partial charge is 0.325 e. The minimum absolute atomic E-state index is 0.0910. The Morgan fingerprint density at radius 3 is 2.61 bits per heavy atom. The second-order valence-corrected chi connectivity index (χ2v) is 9.05. The molecule has 1 spiro atoms. The van der Waals surface area contributed by atoms with Gasteiger partial charge in [0.1, 0.15) is 11.4 Å². The Morgan fingerprint density at radius 2 is 1.76 bits per heavy atom. The number of aromatic nitrogens is 2. The number of rotatable bonds is 4. The smallest absolute Gasteiger partial charge is 0.322 e. The molecule has 0 radical (unpaired) electrons. The van der Waals surface area contributed by atoms with Crippen molar-refractivity contribution in [3.8, 4) is 0 Å². The molecule has 4 aromatic rings. The fourth-order valence-electron chi connectivity index (χ4n) is 5.09. The average molecular weight is 457 g/mol. The first kappa shape index (κ1) is 20.0. The number of nitrogens with one attached hydrogen (secondary N) is 1. The van der Waals surface area contributed by atoms with Crippen molar-refractivity contribution in [2.24, 2.45) is 0 Å². The number of carbonyl (C=O) groups excluding carboxylic acids is 2. The standard InChI is InChI=1S/C26H21ClN4O2/c27-19-10-11-22-21(14-19)28-23(30(22)15-17-6-2-1-3-7-17)16-31-24(32)26(29-25(31)33)13-12-18-8-4-5-9-20(18)26/h1-11,14H,12-13,15-16H2,(H,29,33). The second-order valence-electron chi connectivity index (χ2n) is 8.62. The molecule has 6 nitrogen and oxygen atoms in total. The number of urea groups is 1. The first-order chi connectivity index (χ1) is 16.0. The molecule has 1 atom stereocenters. The van der Waals surface area contributed by atoms with E-state index in [1.54, 1.807) is 0 Å². The van der Waals surface area contributed by atoms with E-state index in [1.807, 2.05) is 72.8 Å². The van der Waals surface area contributed by atoms with Crippen LogP contribution in [-0.4, -0.2) is 26.4 Å². The fourth-order valence-corrected chi connectivity index (χ4v) is 5.26. The van der Waals surface area contributed by atoms with Crippen LogP contribution in [0.3, 0.4) is 0 Å². The van der Waals surface area contributed by atoms with E-state index in [4.69, 9.17) is 16.6 Å². The van der Waals surface area contributed by atoms with Crippen LogP contribution >= 0.6 is 11.6 Å². The van der Waals surface area contributed by atoms with Gasteiger partial charge in [0.2, 0.25) is 0 Å². The summed E-state index contributed by atoms with van der Waals surface area (Å²) in [4.78, 5) is 32.7. The topological polar surface area (TPSA) is 67.2 Å². The summed E-state index contributed by atoms with van der Waals surface area (Å²) in [5.74, 6) is 0.428. The van der Waals surface area contributed by atoms with Crippen molar-refractivity contribution in [1.82, 2.24) is 19.8 Å². The quantitative estimate of drug-likeness (QED) is 0.455. The first-order valence-electron chi connectivity index (χ1n) is 11.0. The molecule has 0 saturated carbocycles. The normalized spacial score (nSPS) is 19.5. The number of carbonyl (C=O) groups is 2. The van der Waals surface area contributed by atoms with Crippen LogP contribution in [0.1, 0.15) is 28.9 Å². The molecule has 1 saturated heterocycles. The maximum Gasteiger partial charge on any atom is 0.325 e. The zero-order valence-electron chi connectivity index (χ0n) is 17.8.